The standard InChI is InChI=1S/C20H21N3O3S/c24-18(21-11-13-27-14-15-6-2-1-3-7-15)10-12-23-17-9-5-4-8-16(17)19(25)22-20(23)26/h1-9H,10-14H2,(H,21,24)(H,22,25,26). The van der Waals surface area contributed by atoms with Crippen molar-refractivity contribution in [3.05, 3.63) is 81.0 Å². The van der Waals surface area contributed by atoms with Crippen LogP contribution in [0.5, 0.6) is 0 Å². The zero-order chi connectivity index (χ0) is 19.1. The summed E-state index contributed by atoms with van der Waals surface area (Å²) >= 11 is 1.76. The summed E-state index contributed by atoms with van der Waals surface area (Å²) in [5.41, 5.74) is 0.896. The van der Waals surface area contributed by atoms with Crippen LogP contribution in [-0.2, 0) is 17.1 Å². The smallest absolute Gasteiger partial charge is 0.328 e. The van der Waals surface area contributed by atoms with Crippen molar-refractivity contribution in [3.8, 4) is 0 Å². The van der Waals surface area contributed by atoms with E-state index in [9.17, 15) is 14.4 Å². The molecule has 0 atom stereocenters. The van der Waals surface area contributed by atoms with Crippen molar-refractivity contribution in [2.45, 2.75) is 18.7 Å². The number of rotatable bonds is 8. The van der Waals surface area contributed by atoms with Crippen LogP contribution in [0.25, 0.3) is 10.9 Å². The molecular formula is C20H21N3O3S. The Kier molecular flexibility index (Phi) is 6.49. The summed E-state index contributed by atoms with van der Waals surface area (Å²) < 4.78 is 1.43. The van der Waals surface area contributed by atoms with E-state index in [1.165, 1.54) is 10.1 Å². The Hall–Kier alpha value is -2.80. The fraction of sp³-hybridized carbons (Fsp3) is 0.250. The Bertz CT molecular complexity index is 1030. The molecular weight excluding hydrogens is 362 g/mol. The number of aromatic amines is 1. The fourth-order valence-electron chi connectivity index (χ4n) is 2.79. The SMILES string of the molecule is O=C(CCn1c(=O)[nH]c(=O)c2ccccc21)NCCSCc1ccccc1. The van der Waals surface area contributed by atoms with Crippen LogP contribution < -0.4 is 16.6 Å². The molecule has 1 heterocycles. The minimum atomic E-state index is -0.495. The topological polar surface area (TPSA) is 84.0 Å². The van der Waals surface area contributed by atoms with Gasteiger partial charge < -0.3 is 5.32 Å². The predicted octanol–water partition coefficient (Wildman–Crippen LogP) is 2.13. The second kappa shape index (κ2) is 9.23. The van der Waals surface area contributed by atoms with E-state index in [0.717, 1.165) is 11.5 Å². The van der Waals surface area contributed by atoms with Gasteiger partial charge in [0, 0.05) is 31.0 Å². The zero-order valence-corrected chi connectivity index (χ0v) is 15.6. The number of aromatic nitrogens is 2. The molecule has 1 aromatic heterocycles. The number of amides is 1. The number of hydrogen-bond donors (Lipinski definition) is 2. The zero-order valence-electron chi connectivity index (χ0n) is 14.8. The monoisotopic (exact) mass is 383 g/mol. The molecule has 0 radical (unpaired) electrons. The van der Waals surface area contributed by atoms with Crippen molar-refractivity contribution in [1.82, 2.24) is 14.9 Å². The van der Waals surface area contributed by atoms with E-state index < -0.39 is 11.2 Å². The van der Waals surface area contributed by atoms with Gasteiger partial charge in [-0.1, -0.05) is 42.5 Å². The van der Waals surface area contributed by atoms with Crippen molar-refractivity contribution in [1.29, 1.82) is 0 Å². The molecule has 0 saturated carbocycles. The summed E-state index contributed by atoms with van der Waals surface area (Å²) in [5.74, 6) is 1.62. The summed E-state index contributed by atoms with van der Waals surface area (Å²) in [5, 5.41) is 3.31. The number of nitrogens with one attached hydrogen (secondary N) is 2. The van der Waals surface area contributed by atoms with Gasteiger partial charge >= 0.3 is 5.69 Å². The van der Waals surface area contributed by atoms with Gasteiger partial charge in [-0.15, -0.1) is 0 Å². The number of benzene rings is 2. The van der Waals surface area contributed by atoms with Gasteiger partial charge in [0.15, 0.2) is 0 Å². The number of para-hydroxylation sites is 1. The van der Waals surface area contributed by atoms with Crippen LogP contribution in [0.2, 0.25) is 0 Å². The molecule has 0 saturated heterocycles. The van der Waals surface area contributed by atoms with E-state index in [2.05, 4.69) is 22.4 Å². The first-order valence-corrected chi connectivity index (χ1v) is 9.91. The lowest BCUT2D eigenvalue weighted by Gasteiger charge is -2.09. The van der Waals surface area contributed by atoms with Gasteiger partial charge in [-0.3, -0.25) is 19.1 Å². The predicted molar refractivity (Wildman–Crippen MR) is 109 cm³/mol. The van der Waals surface area contributed by atoms with E-state index in [1.54, 1.807) is 36.0 Å². The average Bonchev–Trinajstić information content (AvgIpc) is 2.68. The minimum absolute atomic E-state index is 0.113. The Morgan fingerprint density at radius 1 is 1.04 bits per heavy atom. The molecule has 0 aliphatic rings. The molecule has 0 fully saturated rings. The second-order valence-electron chi connectivity index (χ2n) is 6.07. The van der Waals surface area contributed by atoms with Crippen molar-refractivity contribution < 1.29 is 4.79 Å². The number of hydrogen-bond acceptors (Lipinski definition) is 4. The molecule has 7 heteroatoms. The molecule has 1 amide bonds. The Morgan fingerprint density at radius 2 is 1.78 bits per heavy atom. The lowest BCUT2D eigenvalue weighted by molar-refractivity contribution is -0.121. The maximum Gasteiger partial charge on any atom is 0.328 e. The minimum Gasteiger partial charge on any atom is -0.355 e. The summed E-state index contributed by atoms with van der Waals surface area (Å²) in [6.45, 7) is 0.802. The summed E-state index contributed by atoms with van der Waals surface area (Å²) in [6.07, 6.45) is 0.180. The van der Waals surface area contributed by atoms with E-state index >= 15 is 0 Å². The summed E-state index contributed by atoms with van der Waals surface area (Å²) in [7, 11) is 0. The second-order valence-corrected chi connectivity index (χ2v) is 7.17. The third-order valence-corrected chi connectivity index (χ3v) is 5.18. The number of H-pyrrole nitrogens is 1. The molecule has 6 nitrogen and oxygen atoms in total. The summed E-state index contributed by atoms with van der Waals surface area (Å²) in [6, 6.07) is 17.1. The largest absolute Gasteiger partial charge is 0.355 e. The van der Waals surface area contributed by atoms with Crippen molar-refractivity contribution in [2.24, 2.45) is 0 Å². The lowest BCUT2D eigenvalue weighted by Crippen LogP contribution is -2.33. The third kappa shape index (κ3) is 5.10. The molecule has 0 bridgehead atoms. The van der Waals surface area contributed by atoms with Crippen molar-refractivity contribution >= 4 is 28.6 Å². The van der Waals surface area contributed by atoms with Crippen LogP contribution in [0.15, 0.2) is 64.2 Å². The number of carbonyl (C=O) groups excluding carboxylic acids is 1. The number of thioether (sulfide) groups is 1. The third-order valence-electron chi connectivity index (χ3n) is 4.15. The van der Waals surface area contributed by atoms with Crippen molar-refractivity contribution in [3.63, 3.8) is 0 Å². The first-order valence-electron chi connectivity index (χ1n) is 8.75. The van der Waals surface area contributed by atoms with Crippen LogP contribution in [-0.4, -0.2) is 27.8 Å². The first kappa shape index (κ1) is 19.0. The fourth-order valence-corrected chi connectivity index (χ4v) is 3.61. The Balaban J connectivity index is 1.48. The van der Waals surface area contributed by atoms with Gasteiger partial charge in [0.2, 0.25) is 5.91 Å². The van der Waals surface area contributed by atoms with Gasteiger partial charge in [0.25, 0.3) is 5.56 Å². The van der Waals surface area contributed by atoms with Crippen LogP contribution in [0.4, 0.5) is 0 Å². The molecule has 2 N–H and O–H groups in total. The maximum atomic E-state index is 12.1. The molecule has 0 spiro atoms. The summed E-state index contributed by atoms with van der Waals surface area (Å²) in [4.78, 5) is 38.3. The van der Waals surface area contributed by atoms with Crippen LogP contribution in [0.3, 0.4) is 0 Å². The van der Waals surface area contributed by atoms with Crippen LogP contribution in [0, 0.1) is 0 Å². The highest BCUT2D eigenvalue weighted by molar-refractivity contribution is 7.98. The van der Waals surface area contributed by atoms with Gasteiger partial charge in [0.05, 0.1) is 10.9 Å². The Labute approximate surface area is 160 Å². The van der Waals surface area contributed by atoms with E-state index in [-0.39, 0.29) is 18.9 Å². The Morgan fingerprint density at radius 3 is 2.59 bits per heavy atom. The van der Waals surface area contributed by atoms with Crippen LogP contribution >= 0.6 is 11.8 Å². The molecule has 0 aliphatic heterocycles. The molecule has 2 aromatic carbocycles. The van der Waals surface area contributed by atoms with E-state index in [1.807, 2.05) is 18.2 Å². The molecule has 0 aliphatic carbocycles. The van der Waals surface area contributed by atoms with Crippen LogP contribution in [0.1, 0.15) is 12.0 Å². The number of carbonyl (C=O) groups is 1. The van der Waals surface area contributed by atoms with Gasteiger partial charge in [0.1, 0.15) is 0 Å². The number of fused-ring (bicyclic) bond motifs is 1. The first-order chi connectivity index (χ1) is 13.1. The van der Waals surface area contributed by atoms with Gasteiger partial charge in [-0.2, -0.15) is 11.8 Å². The highest BCUT2D eigenvalue weighted by Gasteiger charge is 2.08. The molecule has 140 valence electrons. The van der Waals surface area contributed by atoms with Gasteiger partial charge in [-0.25, -0.2) is 4.79 Å². The highest BCUT2D eigenvalue weighted by atomic mass is 32.2. The molecule has 3 rings (SSSR count). The maximum absolute atomic E-state index is 12.1. The van der Waals surface area contributed by atoms with E-state index in [4.69, 9.17) is 0 Å². The normalized spacial score (nSPS) is 10.8. The quantitative estimate of drug-likeness (QED) is 0.584. The molecule has 0 unspecified atom stereocenters. The number of aryl methyl sites for hydroxylation is 1. The molecule has 3 aromatic rings. The van der Waals surface area contributed by atoms with E-state index in [0.29, 0.717) is 17.4 Å². The van der Waals surface area contributed by atoms with Gasteiger partial charge in [-0.05, 0) is 17.7 Å². The number of nitrogens with zero attached hydrogens (tertiary/aromatic N) is 1. The van der Waals surface area contributed by atoms with Crippen molar-refractivity contribution in [2.75, 3.05) is 12.3 Å². The average molecular weight is 383 g/mol. The molecule has 27 heavy (non-hydrogen) atoms. The lowest BCUT2D eigenvalue weighted by atomic mass is 10.2. The highest BCUT2D eigenvalue weighted by Crippen LogP contribution is 2.10.